The highest BCUT2D eigenvalue weighted by molar-refractivity contribution is 14.1. The van der Waals surface area contributed by atoms with Crippen LogP contribution < -0.4 is 0 Å². The van der Waals surface area contributed by atoms with Crippen molar-refractivity contribution in [3.05, 3.63) is 69.0 Å². The standard InChI is InChI=1S/C16H12FIO3/c1-10(15(19)11-5-7-13(17)8-6-11)21-16(20)12-3-2-4-14(18)9-12/h2-10H,1H3. The number of ether oxygens (including phenoxy) is 1. The molecule has 2 rings (SSSR count). The highest BCUT2D eigenvalue weighted by Crippen LogP contribution is 2.12. The summed E-state index contributed by atoms with van der Waals surface area (Å²) in [5.41, 5.74) is 0.694. The summed E-state index contributed by atoms with van der Waals surface area (Å²) in [5.74, 6) is -1.35. The van der Waals surface area contributed by atoms with Crippen LogP contribution >= 0.6 is 22.6 Å². The predicted octanol–water partition coefficient (Wildman–Crippen LogP) is 3.86. The first kappa shape index (κ1) is 15.6. The van der Waals surface area contributed by atoms with Crippen LogP contribution in [0.25, 0.3) is 0 Å². The minimum absolute atomic E-state index is 0.305. The Morgan fingerprint density at radius 1 is 1.10 bits per heavy atom. The van der Waals surface area contributed by atoms with E-state index in [4.69, 9.17) is 4.74 Å². The van der Waals surface area contributed by atoms with E-state index in [1.165, 1.54) is 31.2 Å². The molecule has 0 aromatic heterocycles. The number of esters is 1. The molecule has 1 unspecified atom stereocenters. The average Bonchev–Trinajstić information content (AvgIpc) is 2.47. The second-order valence-corrected chi connectivity index (χ2v) is 5.67. The Bertz CT molecular complexity index is 667. The molecule has 0 saturated heterocycles. The van der Waals surface area contributed by atoms with Crippen molar-refractivity contribution >= 4 is 34.3 Å². The summed E-state index contributed by atoms with van der Waals surface area (Å²) in [6.45, 7) is 1.50. The van der Waals surface area contributed by atoms with E-state index in [0.29, 0.717) is 11.1 Å². The highest BCUT2D eigenvalue weighted by atomic mass is 127. The van der Waals surface area contributed by atoms with E-state index in [1.54, 1.807) is 18.2 Å². The van der Waals surface area contributed by atoms with Gasteiger partial charge in [-0.25, -0.2) is 9.18 Å². The summed E-state index contributed by atoms with van der Waals surface area (Å²) in [6.07, 6.45) is -0.930. The number of carbonyl (C=O) groups is 2. The Hall–Kier alpha value is -1.76. The maximum atomic E-state index is 12.8. The average molecular weight is 398 g/mol. The maximum Gasteiger partial charge on any atom is 0.338 e. The lowest BCUT2D eigenvalue weighted by atomic mass is 10.1. The van der Waals surface area contributed by atoms with Crippen molar-refractivity contribution < 1.29 is 18.7 Å². The van der Waals surface area contributed by atoms with Crippen molar-refractivity contribution in [1.29, 1.82) is 0 Å². The molecule has 0 spiro atoms. The molecule has 0 heterocycles. The quantitative estimate of drug-likeness (QED) is 0.447. The first-order valence-corrected chi connectivity index (χ1v) is 7.31. The lowest BCUT2D eigenvalue weighted by molar-refractivity contribution is 0.0318. The van der Waals surface area contributed by atoms with Crippen molar-refractivity contribution in [2.45, 2.75) is 13.0 Å². The topological polar surface area (TPSA) is 43.4 Å². The molecular formula is C16H12FIO3. The zero-order valence-electron chi connectivity index (χ0n) is 11.2. The minimum Gasteiger partial charge on any atom is -0.451 e. The monoisotopic (exact) mass is 398 g/mol. The minimum atomic E-state index is -0.930. The molecule has 2 aromatic rings. The van der Waals surface area contributed by atoms with Crippen molar-refractivity contribution in [3.8, 4) is 0 Å². The van der Waals surface area contributed by atoms with E-state index < -0.39 is 17.9 Å². The van der Waals surface area contributed by atoms with Gasteiger partial charge in [0.15, 0.2) is 6.10 Å². The van der Waals surface area contributed by atoms with Gasteiger partial charge in [0.25, 0.3) is 0 Å². The van der Waals surface area contributed by atoms with Crippen LogP contribution in [0.4, 0.5) is 4.39 Å². The SMILES string of the molecule is CC(OC(=O)c1cccc(I)c1)C(=O)c1ccc(F)cc1. The second kappa shape index (κ2) is 6.80. The summed E-state index contributed by atoms with van der Waals surface area (Å²) in [6, 6.07) is 12.0. The van der Waals surface area contributed by atoms with E-state index in [0.717, 1.165) is 3.57 Å². The Morgan fingerprint density at radius 2 is 1.76 bits per heavy atom. The molecular weight excluding hydrogens is 386 g/mol. The van der Waals surface area contributed by atoms with Gasteiger partial charge in [-0.1, -0.05) is 6.07 Å². The fourth-order valence-electron chi connectivity index (χ4n) is 1.75. The van der Waals surface area contributed by atoms with Crippen LogP contribution in [-0.4, -0.2) is 17.9 Å². The van der Waals surface area contributed by atoms with E-state index in [1.807, 2.05) is 6.07 Å². The van der Waals surface area contributed by atoms with Crippen LogP contribution in [0.5, 0.6) is 0 Å². The summed E-state index contributed by atoms with van der Waals surface area (Å²) >= 11 is 2.09. The van der Waals surface area contributed by atoms with Crippen LogP contribution in [0.3, 0.4) is 0 Å². The number of carbonyl (C=O) groups excluding carboxylic acids is 2. The normalized spacial score (nSPS) is 11.8. The van der Waals surface area contributed by atoms with Crippen LogP contribution in [0, 0.1) is 9.39 Å². The van der Waals surface area contributed by atoms with Gasteiger partial charge in [0.05, 0.1) is 5.56 Å². The van der Waals surface area contributed by atoms with Gasteiger partial charge in [0, 0.05) is 9.13 Å². The molecule has 0 aliphatic heterocycles. The fourth-order valence-corrected chi connectivity index (χ4v) is 2.29. The van der Waals surface area contributed by atoms with Crippen molar-refractivity contribution in [2.24, 2.45) is 0 Å². The van der Waals surface area contributed by atoms with Gasteiger partial charge in [-0.05, 0) is 72.0 Å². The van der Waals surface area contributed by atoms with E-state index in [-0.39, 0.29) is 5.78 Å². The molecule has 0 bridgehead atoms. The molecule has 5 heteroatoms. The number of hydrogen-bond donors (Lipinski definition) is 0. The molecule has 108 valence electrons. The first-order chi connectivity index (χ1) is 9.97. The zero-order valence-corrected chi connectivity index (χ0v) is 13.3. The Morgan fingerprint density at radius 3 is 2.38 bits per heavy atom. The molecule has 0 amide bonds. The third-order valence-corrected chi connectivity index (χ3v) is 3.51. The van der Waals surface area contributed by atoms with Gasteiger partial charge in [0.2, 0.25) is 5.78 Å². The van der Waals surface area contributed by atoms with Crippen LogP contribution in [-0.2, 0) is 4.74 Å². The molecule has 0 saturated carbocycles. The molecule has 2 aromatic carbocycles. The first-order valence-electron chi connectivity index (χ1n) is 6.23. The number of rotatable bonds is 4. The van der Waals surface area contributed by atoms with Gasteiger partial charge < -0.3 is 4.74 Å². The summed E-state index contributed by atoms with van der Waals surface area (Å²) < 4.78 is 18.9. The number of Topliss-reactive ketones (excluding diaryl/α,β-unsaturated/α-hetero) is 1. The van der Waals surface area contributed by atoms with E-state index in [2.05, 4.69) is 22.6 Å². The van der Waals surface area contributed by atoms with Gasteiger partial charge in [0.1, 0.15) is 5.82 Å². The van der Waals surface area contributed by atoms with Crippen LogP contribution in [0.1, 0.15) is 27.6 Å². The molecule has 0 fully saturated rings. The molecule has 0 aliphatic carbocycles. The molecule has 0 N–H and O–H groups in total. The van der Waals surface area contributed by atoms with Crippen LogP contribution in [0.2, 0.25) is 0 Å². The smallest absolute Gasteiger partial charge is 0.338 e. The van der Waals surface area contributed by atoms with Crippen LogP contribution in [0.15, 0.2) is 48.5 Å². The van der Waals surface area contributed by atoms with Crippen molar-refractivity contribution in [1.82, 2.24) is 0 Å². The van der Waals surface area contributed by atoms with Gasteiger partial charge in [-0.2, -0.15) is 0 Å². The Balaban J connectivity index is 2.07. The second-order valence-electron chi connectivity index (χ2n) is 4.43. The highest BCUT2D eigenvalue weighted by Gasteiger charge is 2.20. The fraction of sp³-hybridized carbons (Fsp3) is 0.125. The zero-order chi connectivity index (χ0) is 15.4. The van der Waals surface area contributed by atoms with Crippen molar-refractivity contribution in [3.63, 3.8) is 0 Å². The predicted molar refractivity (Wildman–Crippen MR) is 84.8 cm³/mol. The largest absolute Gasteiger partial charge is 0.451 e. The summed E-state index contributed by atoms with van der Waals surface area (Å²) in [4.78, 5) is 24.0. The number of hydrogen-bond acceptors (Lipinski definition) is 3. The van der Waals surface area contributed by atoms with Gasteiger partial charge >= 0.3 is 5.97 Å². The van der Waals surface area contributed by atoms with E-state index in [9.17, 15) is 14.0 Å². The Kier molecular flexibility index (Phi) is 5.06. The lowest BCUT2D eigenvalue weighted by Gasteiger charge is -2.12. The molecule has 1 atom stereocenters. The molecule has 0 radical (unpaired) electrons. The summed E-state index contributed by atoms with van der Waals surface area (Å²) in [7, 11) is 0. The molecule has 21 heavy (non-hydrogen) atoms. The number of ketones is 1. The molecule has 0 aliphatic rings. The number of halogens is 2. The van der Waals surface area contributed by atoms with Crippen molar-refractivity contribution in [2.75, 3.05) is 0 Å². The third-order valence-electron chi connectivity index (χ3n) is 2.84. The lowest BCUT2D eigenvalue weighted by Crippen LogP contribution is -2.24. The van der Waals surface area contributed by atoms with E-state index >= 15 is 0 Å². The van der Waals surface area contributed by atoms with Gasteiger partial charge in [-0.15, -0.1) is 0 Å². The summed E-state index contributed by atoms with van der Waals surface area (Å²) in [5, 5.41) is 0. The number of benzene rings is 2. The van der Waals surface area contributed by atoms with Gasteiger partial charge in [-0.3, -0.25) is 4.79 Å². The molecule has 3 nitrogen and oxygen atoms in total. The third kappa shape index (κ3) is 4.10. The maximum absolute atomic E-state index is 12.8. The Labute approximate surface area is 135 Å².